The first-order chi connectivity index (χ1) is 7.27. The van der Waals surface area contributed by atoms with Gasteiger partial charge in [-0.25, -0.2) is 0 Å². The van der Waals surface area contributed by atoms with E-state index in [0.717, 1.165) is 11.1 Å². The minimum Gasteiger partial charge on any atom is -0.382 e. The predicted octanol–water partition coefficient (Wildman–Crippen LogP) is 3.24. The lowest BCUT2D eigenvalue weighted by atomic mass is 9.85. The second kappa shape index (κ2) is 4.12. The van der Waals surface area contributed by atoms with Gasteiger partial charge in [-0.05, 0) is 23.5 Å². The molecule has 1 aromatic rings. The Morgan fingerprint density at radius 1 is 1.31 bits per heavy atom. The molecular weight excluding hydrogens is 204 g/mol. The lowest BCUT2D eigenvalue weighted by Gasteiger charge is -2.20. The molecule has 0 unspecified atom stereocenters. The second-order valence-corrected chi connectivity index (χ2v) is 4.94. The van der Waals surface area contributed by atoms with Gasteiger partial charge in [0.25, 0.3) is 5.69 Å². The first-order valence-corrected chi connectivity index (χ1v) is 5.24. The second-order valence-electron chi connectivity index (χ2n) is 4.94. The average Bonchev–Trinajstić information content (AvgIpc) is 2.14. The quantitative estimate of drug-likeness (QED) is 0.617. The number of benzene rings is 1. The minimum atomic E-state index is -0.339. The van der Waals surface area contributed by atoms with Gasteiger partial charge in [-0.3, -0.25) is 10.1 Å². The third kappa shape index (κ3) is 2.32. The van der Waals surface area contributed by atoms with Crippen LogP contribution >= 0.6 is 0 Å². The Morgan fingerprint density at radius 2 is 1.88 bits per heavy atom. The van der Waals surface area contributed by atoms with E-state index in [2.05, 4.69) is 5.32 Å². The zero-order valence-corrected chi connectivity index (χ0v) is 10.4. The molecule has 0 saturated carbocycles. The number of aryl methyl sites for hydroxylation is 1. The molecule has 0 atom stereocenters. The van der Waals surface area contributed by atoms with E-state index < -0.39 is 0 Å². The fourth-order valence-corrected chi connectivity index (χ4v) is 1.67. The summed E-state index contributed by atoms with van der Waals surface area (Å²) in [6.07, 6.45) is 0. The normalized spacial score (nSPS) is 11.3. The van der Waals surface area contributed by atoms with Crippen LogP contribution in [0.2, 0.25) is 0 Å². The van der Waals surface area contributed by atoms with E-state index in [4.69, 9.17) is 0 Å². The van der Waals surface area contributed by atoms with E-state index in [-0.39, 0.29) is 16.0 Å². The van der Waals surface area contributed by atoms with Gasteiger partial charge in [-0.2, -0.15) is 0 Å². The summed E-state index contributed by atoms with van der Waals surface area (Å²) in [4.78, 5) is 10.6. The van der Waals surface area contributed by atoms with Crippen molar-refractivity contribution in [2.24, 2.45) is 0 Å². The Hall–Kier alpha value is -1.58. The van der Waals surface area contributed by atoms with Gasteiger partial charge in [0, 0.05) is 13.1 Å². The summed E-state index contributed by atoms with van der Waals surface area (Å²) in [5, 5.41) is 13.9. The maximum atomic E-state index is 11.0. The van der Waals surface area contributed by atoms with E-state index in [1.807, 2.05) is 33.8 Å². The van der Waals surface area contributed by atoms with Gasteiger partial charge in [0.05, 0.1) is 4.92 Å². The number of nitrogens with zero attached hydrogens (tertiary/aromatic N) is 1. The van der Waals surface area contributed by atoms with Crippen molar-refractivity contribution < 1.29 is 4.92 Å². The lowest BCUT2D eigenvalue weighted by Crippen LogP contribution is -2.12. The van der Waals surface area contributed by atoms with Crippen molar-refractivity contribution in [3.63, 3.8) is 0 Å². The summed E-state index contributed by atoms with van der Waals surface area (Å²) in [5.41, 5.74) is 2.55. The molecular formula is C12H18N2O2. The Morgan fingerprint density at radius 3 is 2.25 bits per heavy atom. The molecule has 0 aliphatic heterocycles. The van der Waals surface area contributed by atoms with Gasteiger partial charge in [-0.1, -0.05) is 26.8 Å². The van der Waals surface area contributed by atoms with Crippen LogP contribution in [0.25, 0.3) is 0 Å². The molecule has 16 heavy (non-hydrogen) atoms. The first kappa shape index (κ1) is 12.5. The highest BCUT2D eigenvalue weighted by Gasteiger charge is 2.22. The average molecular weight is 222 g/mol. The van der Waals surface area contributed by atoms with Crippen molar-refractivity contribution in [2.75, 3.05) is 12.4 Å². The molecule has 88 valence electrons. The molecule has 1 N–H and O–H groups in total. The topological polar surface area (TPSA) is 55.2 Å². The molecule has 1 rings (SSSR count). The summed E-state index contributed by atoms with van der Waals surface area (Å²) in [5.74, 6) is 0. The Kier molecular flexibility index (Phi) is 3.21. The fourth-order valence-electron chi connectivity index (χ4n) is 1.67. The summed E-state index contributed by atoms with van der Waals surface area (Å²) < 4.78 is 0. The number of hydrogen-bond donors (Lipinski definition) is 1. The van der Waals surface area contributed by atoms with Crippen LogP contribution in [0.15, 0.2) is 12.1 Å². The van der Waals surface area contributed by atoms with Crippen molar-refractivity contribution in [3.8, 4) is 0 Å². The van der Waals surface area contributed by atoms with Crippen molar-refractivity contribution in [3.05, 3.63) is 33.4 Å². The van der Waals surface area contributed by atoms with Gasteiger partial charge in [0.2, 0.25) is 0 Å². The van der Waals surface area contributed by atoms with Crippen LogP contribution in [0.4, 0.5) is 11.4 Å². The highest BCUT2D eigenvalue weighted by molar-refractivity contribution is 5.67. The predicted molar refractivity (Wildman–Crippen MR) is 66.1 cm³/mol. The van der Waals surface area contributed by atoms with Crippen LogP contribution < -0.4 is 5.32 Å². The molecule has 0 heterocycles. The number of rotatable bonds is 2. The molecule has 0 aromatic heterocycles. The number of nitro groups is 1. The molecule has 0 saturated heterocycles. The zero-order valence-electron chi connectivity index (χ0n) is 10.4. The molecule has 0 aliphatic rings. The molecule has 0 spiro atoms. The molecule has 0 bridgehead atoms. The third-order valence-electron chi connectivity index (χ3n) is 2.63. The molecule has 0 amide bonds. The monoisotopic (exact) mass is 222 g/mol. The molecule has 0 aliphatic carbocycles. The van der Waals surface area contributed by atoms with Gasteiger partial charge in [0.1, 0.15) is 5.69 Å². The lowest BCUT2D eigenvalue weighted by molar-refractivity contribution is -0.384. The third-order valence-corrected chi connectivity index (χ3v) is 2.63. The Bertz CT molecular complexity index is 420. The summed E-state index contributed by atoms with van der Waals surface area (Å²) in [6, 6.07) is 3.65. The maximum absolute atomic E-state index is 11.0. The minimum absolute atomic E-state index is 0.0816. The number of anilines is 1. The summed E-state index contributed by atoms with van der Waals surface area (Å²) in [6.45, 7) is 8.02. The highest BCUT2D eigenvalue weighted by atomic mass is 16.6. The molecule has 1 aromatic carbocycles. The van der Waals surface area contributed by atoms with E-state index in [9.17, 15) is 10.1 Å². The van der Waals surface area contributed by atoms with Crippen molar-refractivity contribution >= 4 is 11.4 Å². The number of nitrogens with one attached hydrogen (secondary N) is 1. The van der Waals surface area contributed by atoms with Crippen LogP contribution in [-0.2, 0) is 5.41 Å². The fraction of sp³-hybridized carbons (Fsp3) is 0.500. The van der Waals surface area contributed by atoms with E-state index >= 15 is 0 Å². The van der Waals surface area contributed by atoms with Crippen LogP contribution in [-0.4, -0.2) is 12.0 Å². The van der Waals surface area contributed by atoms with E-state index in [1.165, 1.54) is 0 Å². The van der Waals surface area contributed by atoms with Crippen molar-refractivity contribution in [1.29, 1.82) is 0 Å². The van der Waals surface area contributed by atoms with Gasteiger partial charge in [-0.15, -0.1) is 0 Å². The maximum Gasteiger partial charge on any atom is 0.292 e. The zero-order chi connectivity index (χ0) is 12.5. The molecule has 0 fully saturated rings. The van der Waals surface area contributed by atoms with Gasteiger partial charge in [0.15, 0.2) is 0 Å². The molecule has 4 heteroatoms. The number of nitro benzene ring substituents is 1. The van der Waals surface area contributed by atoms with Crippen LogP contribution in [0.1, 0.15) is 31.9 Å². The Balaban J connectivity index is 3.46. The summed E-state index contributed by atoms with van der Waals surface area (Å²) >= 11 is 0. The number of hydrogen-bond acceptors (Lipinski definition) is 3. The summed E-state index contributed by atoms with van der Waals surface area (Å²) in [7, 11) is 1.70. The van der Waals surface area contributed by atoms with Crippen molar-refractivity contribution in [2.45, 2.75) is 33.1 Å². The SMILES string of the molecule is CNc1c(C)cc(C(C)(C)C)cc1[N+](=O)[O-]. The highest BCUT2D eigenvalue weighted by Crippen LogP contribution is 2.34. The molecule has 0 radical (unpaired) electrons. The van der Waals surface area contributed by atoms with E-state index in [0.29, 0.717) is 5.69 Å². The van der Waals surface area contributed by atoms with Crippen LogP contribution in [0.5, 0.6) is 0 Å². The van der Waals surface area contributed by atoms with E-state index in [1.54, 1.807) is 13.1 Å². The Labute approximate surface area is 95.8 Å². The smallest absolute Gasteiger partial charge is 0.292 e. The molecule has 4 nitrogen and oxygen atoms in total. The van der Waals surface area contributed by atoms with Crippen LogP contribution in [0.3, 0.4) is 0 Å². The van der Waals surface area contributed by atoms with Crippen molar-refractivity contribution in [1.82, 2.24) is 0 Å². The largest absolute Gasteiger partial charge is 0.382 e. The standard InChI is InChI=1S/C12H18N2O2/c1-8-6-9(12(2,3)4)7-10(14(15)16)11(8)13-5/h6-7,13H,1-5H3. The van der Waals surface area contributed by atoms with Gasteiger partial charge >= 0.3 is 0 Å². The first-order valence-electron chi connectivity index (χ1n) is 5.24. The van der Waals surface area contributed by atoms with Gasteiger partial charge < -0.3 is 5.32 Å². The van der Waals surface area contributed by atoms with Crippen LogP contribution in [0, 0.1) is 17.0 Å².